The van der Waals surface area contributed by atoms with Gasteiger partial charge in [0.2, 0.25) is 0 Å². The highest BCUT2D eigenvalue weighted by Gasteiger charge is 2.16. The van der Waals surface area contributed by atoms with E-state index >= 15 is 0 Å². The first kappa shape index (κ1) is 16.8. The molecule has 1 N–H and O–H groups in total. The van der Waals surface area contributed by atoms with Gasteiger partial charge in [-0.05, 0) is 57.7 Å². The fourth-order valence-electron chi connectivity index (χ4n) is 1.96. The minimum atomic E-state index is -3.63. The number of halogens is 1. The van der Waals surface area contributed by atoms with E-state index in [0.29, 0.717) is 21.8 Å². The third-order valence-corrected chi connectivity index (χ3v) is 5.26. The number of methoxy groups -OCH3 is 1. The van der Waals surface area contributed by atoms with Gasteiger partial charge in [-0.15, -0.1) is 0 Å². The summed E-state index contributed by atoms with van der Waals surface area (Å²) in [5.74, 6) is 0.989. The average molecular weight is 384 g/mol. The van der Waals surface area contributed by atoms with E-state index in [1.165, 1.54) is 19.2 Å². The molecule has 0 atom stereocenters. The summed E-state index contributed by atoms with van der Waals surface area (Å²) in [4.78, 5) is 0.174. The second-order valence-corrected chi connectivity index (χ2v) is 7.72. The van der Waals surface area contributed by atoms with Gasteiger partial charge in [0.05, 0.1) is 16.5 Å². The van der Waals surface area contributed by atoms with Crippen molar-refractivity contribution in [3.8, 4) is 5.75 Å². The average Bonchev–Trinajstić information content (AvgIpc) is 2.47. The highest BCUT2D eigenvalue weighted by molar-refractivity contribution is 9.10. The molecule has 0 aliphatic rings. The quantitative estimate of drug-likeness (QED) is 0.832. The van der Waals surface area contributed by atoms with Crippen molar-refractivity contribution in [2.45, 2.75) is 24.7 Å². The Labute approximate surface area is 139 Å². The van der Waals surface area contributed by atoms with Crippen LogP contribution >= 0.6 is 15.9 Å². The summed E-state index contributed by atoms with van der Waals surface area (Å²) in [5.41, 5.74) is 1.70. The molecule has 0 saturated heterocycles. The molecule has 2 aromatic rings. The molecule has 0 unspecified atom stereocenters. The molecule has 0 fully saturated rings. The normalized spacial score (nSPS) is 11.5. The number of anilines is 1. The lowest BCUT2D eigenvalue weighted by Gasteiger charge is -2.11. The summed E-state index contributed by atoms with van der Waals surface area (Å²) in [7, 11) is -2.10. The van der Waals surface area contributed by atoms with Crippen LogP contribution in [0, 0.1) is 0 Å². The summed E-state index contributed by atoms with van der Waals surface area (Å²) < 4.78 is 33.1. The molecular formula is C16H18BrNO3S. The topological polar surface area (TPSA) is 55.4 Å². The van der Waals surface area contributed by atoms with E-state index in [4.69, 9.17) is 4.74 Å². The first-order valence-corrected chi connectivity index (χ1v) is 9.07. The van der Waals surface area contributed by atoms with Crippen molar-refractivity contribution in [3.05, 3.63) is 52.5 Å². The molecule has 6 heteroatoms. The summed E-state index contributed by atoms with van der Waals surface area (Å²) in [6.07, 6.45) is 0. The van der Waals surface area contributed by atoms with Crippen LogP contribution in [0.4, 0.5) is 5.69 Å². The van der Waals surface area contributed by atoms with Gasteiger partial charge in [0, 0.05) is 5.69 Å². The summed E-state index contributed by atoms with van der Waals surface area (Å²) in [5, 5.41) is 0. The number of benzene rings is 2. The highest BCUT2D eigenvalue weighted by Crippen LogP contribution is 2.28. The van der Waals surface area contributed by atoms with E-state index < -0.39 is 10.0 Å². The monoisotopic (exact) mass is 383 g/mol. The van der Waals surface area contributed by atoms with Crippen molar-refractivity contribution >= 4 is 31.6 Å². The van der Waals surface area contributed by atoms with E-state index in [1.807, 2.05) is 12.1 Å². The lowest BCUT2D eigenvalue weighted by molar-refractivity contribution is 0.411. The Morgan fingerprint density at radius 2 is 1.73 bits per heavy atom. The largest absolute Gasteiger partial charge is 0.496 e. The van der Waals surface area contributed by atoms with E-state index in [-0.39, 0.29) is 4.90 Å². The van der Waals surface area contributed by atoms with Crippen molar-refractivity contribution in [2.24, 2.45) is 0 Å². The molecule has 0 saturated carbocycles. The summed E-state index contributed by atoms with van der Waals surface area (Å²) >= 11 is 3.29. The third-order valence-electron chi connectivity index (χ3n) is 3.26. The van der Waals surface area contributed by atoms with Crippen LogP contribution in [0.3, 0.4) is 0 Å². The lowest BCUT2D eigenvalue weighted by Crippen LogP contribution is -2.13. The molecule has 0 aromatic heterocycles. The Kier molecular flexibility index (Phi) is 5.13. The summed E-state index contributed by atoms with van der Waals surface area (Å²) in [6, 6.07) is 12.0. The molecule has 2 aromatic carbocycles. The Morgan fingerprint density at radius 1 is 1.09 bits per heavy atom. The number of hydrogen-bond acceptors (Lipinski definition) is 3. The highest BCUT2D eigenvalue weighted by atomic mass is 79.9. The predicted octanol–water partition coefficient (Wildman–Crippen LogP) is 4.38. The van der Waals surface area contributed by atoms with Crippen LogP contribution in [0.2, 0.25) is 0 Å². The number of ether oxygens (including phenoxy) is 1. The maximum Gasteiger partial charge on any atom is 0.261 e. The smallest absolute Gasteiger partial charge is 0.261 e. The van der Waals surface area contributed by atoms with Crippen LogP contribution in [-0.4, -0.2) is 15.5 Å². The molecule has 0 heterocycles. The SMILES string of the molecule is COc1ccc(S(=O)(=O)Nc2ccc(C(C)C)cc2)cc1Br. The van der Waals surface area contributed by atoms with Crippen molar-refractivity contribution in [2.75, 3.05) is 11.8 Å². The lowest BCUT2D eigenvalue weighted by atomic mass is 10.0. The standard InChI is InChI=1S/C16H18BrNO3S/c1-11(2)12-4-6-13(7-5-12)18-22(19,20)14-8-9-16(21-3)15(17)10-14/h4-11,18H,1-3H3. The zero-order chi connectivity index (χ0) is 16.3. The molecule has 22 heavy (non-hydrogen) atoms. The van der Waals surface area contributed by atoms with Crippen LogP contribution in [0.15, 0.2) is 51.8 Å². The van der Waals surface area contributed by atoms with Crippen molar-refractivity contribution in [3.63, 3.8) is 0 Å². The number of nitrogens with one attached hydrogen (secondary N) is 1. The Morgan fingerprint density at radius 3 is 2.23 bits per heavy atom. The van der Waals surface area contributed by atoms with Crippen LogP contribution in [-0.2, 0) is 10.0 Å². The maximum absolute atomic E-state index is 12.4. The zero-order valence-corrected chi connectivity index (χ0v) is 15.0. The van der Waals surface area contributed by atoms with E-state index in [1.54, 1.807) is 18.2 Å². The van der Waals surface area contributed by atoms with Gasteiger partial charge in [0.15, 0.2) is 0 Å². The third kappa shape index (κ3) is 3.81. The van der Waals surface area contributed by atoms with Gasteiger partial charge in [-0.1, -0.05) is 26.0 Å². The van der Waals surface area contributed by atoms with Crippen LogP contribution in [0.5, 0.6) is 5.75 Å². The summed E-state index contributed by atoms with van der Waals surface area (Å²) in [6.45, 7) is 4.18. The Balaban J connectivity index is 2.25. The van der Waals surface area contributed by atoms with Crippen molar-refractivity contribution < 1.29 is 13.2 Å². The van der Waals surface area contributed by atoms with Gasteiger partial charge in [-0.2, -0.15) is 0 Å². The fourth-order valence-corrected chi connectivity index (χ4v) is 3.74. The molecule has 2 rings (SSSR count). The number of sulfonamides is 1. The van der Waals surface area contributed by atoms with E-state index in [9.17, 15) is 8.42 Å². The minimum Gasteiger partial charge on any atom is -0.496 e. The fraction of sp³-hybridized carbons (Fsp3) is 0.250. The zero-order valence-electron chi connectivity index (χ0n) is 12.6. The molecule has 4 nitrogen and oxygen atoms in total. The molecule has 0 aliphatic carbocycles. The van der Waals surface area contributed by atoms with Crippen LogP contribution in [0.1, 0.15) is 25.3 Å². The maximum atomic E-state index is 12.4. The van der Waals surface area contributed by atoms with E-state index in [2.05, 4.69) is 34.5 Å². The predicted molar refractivity (Wildman–Crippen MR) is 92.0 cm³/mol. The van der Waals surface area contributed by atoms with Crippen molar-refractivity contribution in [1.82, 2.24) is 0 Å². The molecule has 118 valence electrons. The van der Waals surface area contributed by atoms with Gasteiger partial charge < -0.3 is 4.74 Å². The second-order valence-electron chi connectivity index (χ2n) is 5.18. The Hall–Kier alpha value is -1.53. The first-order valence-electron chi connectivity index (χ1n) is 6.80. The second kappa shape index (κ2) is 6.71. The Bertz CT molecular complexity index is 755. The molecule has 0 amide bonds. The van der Waals surface area contributed by atoms with Crippen LogP contribution in [0.25, 0.3) is 0 Å². The van der Waals surface area contributed by atoms with Gasteiger partial charge in [-0.25, -0.2) is 8.42 Å². The molecule has 0 bridgehead atoms. The van der Waals surface area contributed by atoms with Crippen molar-refractivity contribution in [1.29, 1.82) is 0 Å². The van der Waals surface area contributed by atoms with Gasteiger partial charge in [0.25, 0.3) is 10.0 Å². The number of hydrogen-bond donors (Lipinski definition) is 1. The molecule has 0 radical (unpaired) electrons. The van der Waals surface area contributed by atoms with Crippen LogP contribution < -0.4 is 9.46 Å². The molecule has 0 spiro atoms. The van der Waals surface area contributed by atoms with Gasteiger partial charge in [-0.3, -0.25) is 4.72 Å². The number of rotatable bonds is 5. The van der Waals surface area contributed by atoms with Gasteiger partial charge in [0.1, 0.15) is 5.75 Å². The molecule has 0 aliphatic heterocycles. The first-order chi connectivity index (χ1) is 10.3. The van der Waals surface area contributed by atoms with Gasteiger partial charge >= 0.3 is 0 Å². The molecular weight excluding hydrogens is 366 g/mol. The van der Waals surface area contributed by atoms with E-state index in [0.717, 1.165) is 5.56 Å². The minimum absolute atomic E-state index is 0.174.